The van der Waals surface area contributed by atoms with Crippen molar-refractivity contribution in [1.82, 2.24) is 15.6 Å². The molecule has 8 heteroatoms. The van der Waals surface area contributed by atoms with Crippen molar-refractivity contribution in [2.75, 3.05) is 5.32 Å². The number of aromatic amines is 1. The first-order valence-electron chi connectivity index (χ1n) is 6.63. The number of H-pyrrole nitrogens is 1. The molecule has 0 unspecified atom stereocenters. The van der Waals surface area contributed by atoms with E-state index in [9.17, 15) is 5.11 Å². The summed E-state index contributed by atoms with van der Waals surface area (Å²) in [6, 6.07) is 10.8. The normalized spacial score (nSPS) is 11.0. The van der Waals surface area contributed by atoms with Crippen LogP contribution in [0.15, 0.2) is 52.2 Å². The van der Waals surface area contributed by atoms with Crippen molar-refractivity contribution in [3.63, 3.8) is 0 Å². The van der Waals surface area contributed by atoms with Gasteiger partial charge in [0.2, 0.25) is 0 Å². The number of phenolic OH excluding ortho intramolecular Hbond substituents is 1. The predicted molar refractivity (Wildman–Crippen MR) is 98.9 cm³/mol. The molecule has 1 aromatic heterocycles. The van der Waals surface area contributed by atoms with Crippen molar-refractivity contribution >= 4 is 56.1 Å². The van der Waals surface area contributed by atoms with Crippen molar-refractivity contribution in [2.45, 2.75) is 0 Å². The second-order valence-electron chi connectivity index (χ2n) is 4.70. The van der Waals surface area contributed by atoms with Crippen LogP contribution in [0.2, 0.25) is 0 Å². The third-order valence-electron chi connectivity index (χ3n) is 3.06. The van der Waals surface area contributed by atoms with Crippen molar-refractivity contribution in [3.05, 3.63) is 52.6 Å². The van der Waals surface area contributed by atoms with Crippen LogP contribution in [0.1, 0.15) is 5.56 Å². The maximum atomic E-state index is 9.72. The molecule has 3 aromatic rings. The number of hydrazone groups is 1. The Labute approximate surface area is 145 Å². The number of nitrogens with zero attached hydrogens (tertiary/aromatic N) is 2. The third-order valence-corrected chi connectivity index (χ3v) is 3.75. The summed E-state index contributed by atoms with van der Waals surface area (Å²) in [5.41, 5.74) is 5.02. The lowest BCUT2D eigenvalue weighted by Crippen LogP contribution is -2.23. The highest BCUT2D eigenvalue weighted by molar-refractivity contribution is 9.10. The maximum absolute atomic E-state index is 9.72. The zero-order valence-electron chi connectivity index (χ0n) is 11.7. The number of benzene rings is 2. The molecule has 0 bridgehead atoms. The summed E-state index contributed by atoms with van der Waals surface area (Å²) < 4.78 is 0.852. The van der Waals surface area contributed by atoms with Crippen LogP contribution < -0.4 is 10.7 Å². The first-order valence-corrected chi connectivity index (χ1v) is 7.83. The molecule has 116 valence electrons. The monoisotopic (exact) mass is 389 g/mol. The molecule has 1 heterocycles. The van der Waals surface area contributed by atoms with Gasteiger partial charge in [0.15, 0.2) is 5.11 Å². The van der Waals surface area contributed by atoms with Gasteiger partial charge in [0.25, 0.3) is 0 Å². The summed E-state index contributed by atoms with van der Waals surface area (Å²) in [6.07, 6.45) is 3.25. The standard InChI is InChI=1S/C15H12BrN5OS/c16-11-2-4-14(22)10(5-11)8-18-21-15(23)19-12-3-1-9-7-17-20-13(9)6-12/h1-8,22H,(H,17,20)(H2,19,21,23)/b18-8+. The summed E-state index contributed by atoms with van der Waals surface area (Å²) >= 11 is 8.52. The Bertz CT molecular complexity index is 892. The maximum Gasteiger partial charge on any atom is 0.191 e. The number of anilines is 1. The number of hydrogen-bond donors (Lipinski definition) is 4. The van der Waals surface area contributed by atoms with E-state index in [2.05, 4.69) is 42.0 Å². The average molecular weight is 390 g/mol. The number of aromatic hydroxyl groups is 1. The number of halogens is 1. The highest BCUT2D eigenvalue weighted by atomic mass is 79.9. The number of hydrogen-bond acceptors (Lipinski definition) is 4. The minimum absolute atomic E-state index is 0.141. The molecule has 0 saturated heterocycles. The van der Waals surface area contributed by atoms with Crippen LogP contribution in [0.5, 0.6) is 5.75 Å². The molecule has 0 fully saturated rings. The Hall–Kier alpha value is -2.45. The lowest BCUT2D eigenvalue weighted by Gasteiger charge is -2.07. The van der Waals surface area contributed by atoms with E-state index in [-0.39, 0.29) is 5.75 Å². The second-order valence-corrected chi connectivity index (χ2v) is 6.02. The van der Waals surface area contributed by atoms with Gasteiger partial charge in [-0.05, 0) is 48.6 Å². The van der Waals surface area contributed by atoms with Crippen molar-refractivity contribution in [1.29, 1.82) is 0 Å². The number of nitrogens with one attached hydrogen (secondary N) is 3. The molecule has 23 heavy (non-hydrogen) atoms. The van der Waals surface area contributed by atoms with Gasteiger partial charge in [0.1, 0.15) is 5.75 Å². The molecule has 0 radical (unpaired) electrons. The lowest BCUT2D eigenvalue weighted by molar-refractivity contribution is 0.474. The van der Waals surface area contributed by atoms with E-state index in [0.717, 1.165) is 21.1 Å². The van der Waals surface area contributed by atoms with Crippen LogP contribution in [-0.4, -0.2) is 26.6 Å². The SMILES string of the molecule is Oc1ccc(Br)cc1/C=N/NC(=S)Nc1ccc2cn[nH]c2c1. The summed E-state index contributed by atoms with van der Waals surface area (Å²) in [6.45, 7) is 0. The first-order chi connectivity index (χ1) is 11.1. The Morgan fingerprint density at radius 3 is 3.04 bits per heavy atom. The molecule has 4 N–H and O–H groups in total. The van der Waals surface area contributed by atoms with E-state index in [4.69, 9.17) is 12.2 Å². The summed E-state index contributed by atoms with van der Waals surface area (Å²) in [4.78, 5) is 0. The van der Waals surface area contributed by atoms with E-state index < -0.39 is 0 Å². The molecule has 0 aliphatic carbocycles. The number of thiocarbonyl (C=S) groups is 1. The average Bonchev–Trinajstić information content (AvgIpc) is 2.98. The van der Waals surface area contributed by atoms with Crippen LogP contribution in [0.3, 0.4) is 0 Å². The van der Waals surface area contributed by atoms with Gasteiger partial charge in [0.05, 0.1) is 17.9 Å². The Balaban J connectivity index is 1.62. The second kappa shape index (κ2) is 6.76. The Morgan fingerprint density at radius 2 is 2.17 bits per heavy atom. The minimum Gasteiger partial charge on any atom is -0.507 e. The predicted octanol–water partition coefficient (Wildman–Crippen LogP) is 3.35. The zero-order chi connectivity index (χ0) is 16.2. The number of rotatable bonds is 3. The Morgan fingerprint density at radius 1 is 1.30 bits per heavy atom. The van der Waals surface area contributed by atoms with Gasteiger partial charge < -0.3 is 10.4 Å². The van der Waals surface area contributed by atoms with Crippen LogP contribution in [0, 0.1) is 0 Å². The quantitative estimate of drug-likeness (QED) is 0.313. The summed E-state index contributed by atoms with van der Waals surface area (Å²) in [5.74, 6) is 0.141. The molecule has 6 nitrogen and oxygen atoms in total. The molecular formula is C15H12BrN5OS. The van der Waals surface area contributed by atoms with Gasteiger partial charge in [-0.2, -0.15) is 10.2 Å². The number of aromatic nitrogens is 2. The van der Waals surface area contributed by atoms with E-state index in [1.165, 1.54) is 6.21 Å². The van der Waals surface area contributed by atoms with Gasteiger partial charge in [-0.3, -0.25) is 10.5 Å². The van der Waals surface area contributed by atoms with Gasteiger partial charge in [0, 0.05) is 21.1 Å². The van der Waals surface area contributed by atoms with Gasteiger partial charge in [-0.25, -0.2) is 0 Å². The first kappa shape index (κ1) is 15.4. The summed E-state index contributed by atoms with van der Waals surface area (Å²) in [5, 5.41) is 25.0. The smallest absolute Gasteiger partial charge is 0.191 e. The van der Waals surface area contributed by atoms with Gasteiger partial charge in [-0.15, -0.1) is 0 Å². The zero-order valence-corrected chi connectivity index (χ0v) is 14.1. The minimum atomic E-state index is 0.141. The molecule has 0 atom stereocenters. The molecule has 0 saturated carbocycles. The molecule has 0 amide bonds. The van der Waals surface area contributed by atoms with Crippen LogP contribution in [0.25, 0.3) is 10.9 Å². The molecular weight excluding hydrogens is 378 g/mol. The van der Waals surface area contributed by atoms with E-state index in [1.807, 2.05) is 18.2 Å². The number of fused-ring (bicyclic) bond motifs is 1. The molecule has 0 spiro atoms. The van der Waals surface area contributed by atoms with Crippen molar-refractivity contribution in [3.8, 4) is 5.75 Å². The molecule has 2 aromatic carbocycles. The fourth-order valence-electron chi connectivity index (χ4n) is 1.96. The topological polar surface area (TPSA) is 85.3 Å². The van der Waals surface area contributed by atoms with E-state index in [0.29, 0.717) is 10.7 Å². The third kappa shape index (κ3) is 3.85. The molecule has 0 aliphatic heterocycles. The van der Waals surface area contributed by atoms with E-state index >= 15 is 0 Å². The Kier molecular flexibility index (Phi) is 4.54. The van der Waals surface area contributed by atoms with E-state index in [1.54, 1.807) is 24.4 Å². The fourth-order valence-corrected chi connectivity index (χ4v) is 2.51. The summed E-state index contributed by atoms with van der Waals surface area (Å²) in [7, 11) is 0. The highest BCUT2D eigenvalue weighted by Gasteiger charge is 2.01. The lowest BCUT2D eigenvalue weighted by atomic mass is 10.2. The van der Waals surface area contributed by atoms with Gasteiger partial charge >= 0.3 is 0 Å². The molecule has 0 aliphatic rings. The van der Waals surface area contributed by atoms with Crippen LogP contribution in [0.4, 0.5) is 5.69 Å². The van der Waals surface area contributed by atoms with Crippen LogP contribution in [-0.2, 0) is 0 Å². The largest absolute Gasteiger partial charge is 0.507 e. The van der Waals surface area contributed by atoms with Crippen molar-refractivity contribution in [2.24, 2.45) is 5.10 Å². The fraction of sp³-hybridized carbons (Fsp3) is 0. The number of phenols is 1. The van der Waals surface area contributed by atoms with Crippen LogP contribution >= 0.6 is 28.1 Å². The van der Waals surface area contributed by atoms with Crippen molar-refractivity contribution < 1.29 is 5.11 Å². The molecule has 3 rings (SSSR count). The van der Waals surface area contributed by atoms with Gasteiger partial charge in [-0.1, -0.05) is 15.9 Å². The highest BCUT2D eigenvalue weighted by Crippen LogP contribution is 2.20.